The molecule has 2 bridgehead atoms. The van der Waals surface area contributed by atoms with Crippen molar-refractivity contribution >= 4 is 17.2 Å². The first-order valence-corrected chi connectivity index (χ1v) is 13.5. The smallest absolute Gasteiger partial charge is 0.291 e. The van der Waals surface area contributed by atoms with Gasteiger partial charge in [0.15, 0.2) is 5.82 Å². The molecule has 1 unspecified atom stereocenters. The average molecular weight is 518 g/mol. The van der Waals surface area contributed by atoms with E-state index in [1.165, 1.54) is 17.3 Å². The Morgan fingerprint density at radius 3 is 2.47 bits per heavy atom. The molecule has 1 aromatic carbocycles. The highest BCUT2D eigenvalue weighted by Gasteiger charge is 2.55. The summed E-state index contributed by atoms with van der Waals surface area (Å²) in [4.78, 5) is 20.1. The van der Waals surface area contributed by atoms with Crippen LogP contribution in [0.25, 0.3) is 5.57 Å². The second kappa shape index (κ2) is 10.3. The zero-order valence-corrected chi connectivity index (χ0v) is 23.0. The summed E-state index contributed by atoms with van der Waals surface area (Å²) in [6, 6.07) is 6.47. The van der Waals surface area contributed by atoms with Crippen molar-refractivity contribution in [2.24, 2.45) is 5.41 Å². The highest BCUT2D eigenvalue weighted by molar-refractivity contribution is 6.03. The summed E-state index contributed by atoms with van der Waals surface area (Å²) in [7, 11) is 3.49. The zero-order chi connectivity index (χ0) is 27.0. The van der Waals surface area contributed by atoms with Crippen molar-refractivity contribution < 1.29 is 19.0 Å². The summed E-state index contributed by atoms with van der Waals surface area (Å²) in [5.74, 6) is 2.69. The zero-order valence-electron chi connectivity index (χ0n) is 23.0. The van der Waals surface area contributed by atoms with Gasteiger partial charge in [-0.1, -0.05) is 31.9 Å². The van der Waals surface area contributed by atoms with Crippen molar-refractivity contribution in [3.8, 4) is 12.3 Å². The molecule has 3 aliphatic rings. The second-order valence-electron chi connectivity index (χ2n) is 12.1. The van der Waals surface area contributed by atoms with Gasteiger partial charge in [0, 0.05) is 25.5 Å². The topological polar surface area (TPSA) is 85.5 Å². The number of benzene rings is 1. The van der Waals surface area contributed by atoms with Crippen LogP contribution in [0.3, 0.4) is 0 Å². The van der Waals surface area contributed by atoms with Gasteiger partial charge < -0.3 is 24.5 Å². The van der Waals surface area contributed by atoms with Crippen LogP contribution in [-0.2, 0) is 14.2 Å². The van der Waals surface area contributed by atoms with Crippen LogP contribution in [0.2, 0.25) is 0 Å². The number of nitrogens with one attached hydrogen (secondary N) is 2. The number of imidazole rings is 1. The molecule has 1 aliphatic carbocycles. The monoisotopic (exact) mass is 517 g/mol. The first-order valence-electron chi connectivity index (χ1n) is 13.5. The molecule has 2 N–H and O–H groups in total. The van der Waals surface area contributed by atoms with E-state index < -0.39 is 0 Å². The first kappa shape index (κ1) is 26.7. The molecule has 0 spiro atoms. The molecule has 0 radical (unpaired) electrons. The molecule has 0 saturated carbocycles. The third-order valence-corrected chi connectivity index (χ3v) is 8.55. The second-order valence-corrected chi connectivity index (χ2v) is 12.1. The molecule has 202 valence electrons. The van der Waals surface area contributed by atoms with Crippen LogP contribution >= 0.6 is 0 Å². The van der Waals surface area contributed by atoms with Gasteiger partial charge in [0.05, 0.1) is 30.6 Å². The minimum atomic E-state index is -0.306. The van der Waals surface area contributed by atoms with Crippen LogP contribution in [0.4, 0.5) is 5.69 Å². The minimum Gasteiger partial charge on any atom is -0.382 e. The van der Waals surface area contributed by atoms with Crippen LogP contribution < -0.4 is 5.32 Å². The number of rotatable bonds is 8. The number of nitrogens with zero attached hydrogens (tertiary/aromatic N) is 1. The third-order valence-electron chi connectivity index (χ3n) is 8.55. The number of methoxy groups -OCH3 is 2. The van der Waals surface area contributed by atoms with Gasteiger partial charge in [-0.05, 0) is 79.5 Å². The fourth-order valence-corrected chi connectivity index (χ4v) is 6.56. The van der Waals surface area contributed by atoms with E-state index in [4.69, 9.17) is 20.6 Å². The Hall–Kier alpha value is -2.92. The minimum absolute atomic E-state index is 0.204. The van der Waals surface area contributed by atoms with Crippen LogP contribution in [-0.4, -0.2) is 54.5 Å². The predicted octanol–water partition coefficient (Wildman–Crippen LogP) is 5.70. The number of aromatic amines is 1. The van der Waals surface area contributed by atoms with Crippen LogP contribution in [0, 0.1) is 17.8 Å². The number of anilines is 1. The fraction of sp³-hybridized carbons (Fsp3) is 0.548. The number of allylic oxidation sites excluding steroid dienone is 2. The Kier molecular flexibility index (Phi) is 7.25. The summed E-state index contributed by atoms with van der Waals surface area (Å²) < 4.78 is 17.9. The lowest BCUT2D eigenvalue weighted by Crippen LogP contribution is -2.48. The van der Waals surface area contributed by atoms with Gasteiger partial charge in [-0.3, -0.25) is 4.79 Å². The Morgan fingerprint density at radius 1 is 1.18 bits per heavy atom. The van der Waals surface area contributed by atoms with Gasteiger partial charge in [-0.2, -0.15) is 0 Å². The maximum atomic E-state index is 13.1. The summed E-state index contributed by atoms with van der Waals surface area (Å²) in [6.07, 6.45) is 16.1. The van der Waals surface area contributed by atoms with E-state index in [-0.39, 0.29) is 28.3 Å². The number of ether oxygens (including phenoxy) is 3. The van der Waals surface area contributed by atoms with E-state index in [9.17, 15) is 4.79 Å². The Balaban J connectivity index is 1.49. The quantitative estimate of drug-likeness (QED) is 0.439. The standard InChI is InChI=1S/C31H39N3O4/c1-6-24-18-32-27(33-24)28(35)34-26-8-7-22(15-25(26)21-9-11-29(2,3)12-10-21)23-16-30(19-36-4)13-14-31(17-23,38-30)20-37-5/h1,7-9,15,18,23H,10-14,16-17,19-20H2,2-5H3,(H,32,33)(H,34,35)/t23?,30-,31+. The Labute approximate surface area is 225 Å². The number of hydrogen-bond donors (Lipinski definition) is 2. The van der Waals surface area contributed by atoms with E-state index in [0.29, 0.717) is 24.8 Å². The van der Waals surface area contributed by atoms with Crippen molar-refractivity contribution in [1.29, 1.82) is 0 Å². The van der Waals surface area contributed by atoms with Crippen LogP contribution in [0.15, 0.2) is 30.5 Å². The number of H-pyrrole nitrogens is 1. The lowest BCUT2D eigenvalue weighted by atomic mass is 9.75. The summed E-state index contributed by atoms with van der Waals surface area (Å²) >= 11 is 0. The van der Waals surface area contributed by atoms with E-state index >= 15 is 0 Å². The lowest BCUT2D eigenvalue weighted by molar-refractivity contribution is -0.184. The lowest BCUT2D eigenvalue weighted by Gasteiger charge is -2.44. The maximum Gasteiger partial charge on any atom is 0.291 e. The van der Waals surface area contributed by atoms with Gasteiger partial charge >= 0.3 is 0 Å². The molecular formula is C31H39N3O4. The summed E-state index contributed by atoms with van der Waals surface area (Å²) in [5.41, 5.74) is 4.60. The predicted molar refractivity (Wildman–Crippen MR) is 148 cm³/mol. The molecule has 7 heteroatoms. The van der Waals surface area contributed by atoms with Crippen molar-refractivity contribution in [3.63, 3.8) is 0 Å². The largest absolute Gasteiger partial charge is 0.382 e. The molecule has 5 rings (SSSR count). The number of fused-ring (bicyclic) bond motifs is 2. The molecule has 38 heavy (non-hydrogen) atoms. The van der Waals surface area contributed by atoms with Gasteiger partial charge in [-0.25, -0.2) is 4.98 Å². The van der Waals surface area contributed by atoms with Crippen LogP contribution in [0.5, 0.6) is 0 Å². The van der Waals surface area contributed by atoms with Gasteiger partial charge in [0.25, 0.3) is 5.91 Å². The molecular weight excluding hydrogens is 478 g/mol. The summed E-state index contributed by atoms with van der Waals surface area (Å²) in [6.45, 7) is 5.78. The highest BCUT2D eigenvalue weighted by atomic mass is 16.6. The van der Waals surface area contributed by atoms with Crippen LogP contribution in [0.1, 0.15) is 92.2 Å². The van der Waals surface area contributed by atoms with Gasteiger partial charge in [0.1, 0.15) is 5.69 Å². The SMILES string of the molecule is C#Cc1cnc(C(=O)Nc2ccc(C3C[C@@]4(COC)CC[C@@](COC)(C3)O4)cc2C2=CCC(C)(C)CC2)[nH]1. The van der Waals surface area contributed by atoms with Gasteiger partial charge in [-0.15, -0.1) is 6.42 Å². The van der Waals surface area contributed by atoms with Crippen molar-refractivity contribution in [2.45, 2.75) is 75.9 Å². The molecule has 1 aromatic heterocycles. The number of aromatic nitrogens is 2. The number of amides is 1. The fourth-order valence-electron chi connectivity index (χ4n) is 6.56. The normalized spacial score (nSPS) is 28.0. The van der Waals surface area contributed by atoms with Crippen molar-refractivity contribution in [3.05, 3.63) is 53.1 Å². The molecule has 2 fully saturated rings. The van der Waals surface area contributed by atoms with Gasteiger partial charge in [0.2, 0.25) is 0 Å². The van der Waals surface area contributed by atoms with Crippen molar-refractivity contribution in [1.82, 2.24) is 9.97 Å². The number of hydrogen-bond acceptors (Lipinski definition) is 5. The molecule has 2 aliphatic heterocycles. The Morgan fingerprint density at radius 2 is 1.89 bits per heavy atom. The molecule has 3 atom stereocenters. The molecule has 2 aromatic rings. The molecule has 1 amide bonds. The highest BCUT2D eigenvalue weighted by Crippen LogP contribution is 2.54. The van der Waals surface area contributed by atoms with E-state index in [1.807, 2.05) is 6.07 Å². The number of carbonyl (C=O) groups excluding carboxylic acids is 1. The first-order chi connectivity index (χ1) is 18.2. The van der Waals surface area contributed by atoms with E-state index in [1.54, 1.807) is 14.2 Å². The Bertz CT molecular complexity index is 1250. The molecule has 7 nitrogen and oxygen atoms in total. The van der Waals surface area contributed by atoms with E-state index in [0.717, 1.165) is 56.2 Å². The molecule has 2 saturated heterocycles. The molecule has 3 heterocycles. The third kappa shape index (κ3) is 5.31. The summed E-state index contributed by atoms with van der Waals surface area (Å²) in [5, 5.41) is 3.09. The maximum absolute atomic E-state index is 13.1. The average Bonchev–Trinajstić information content (AvgIpc) is 3.47. The van der Waals surface area contributed by atoms with E-state index in [2.05, 4.69) is 53.3 Å². The number of carbonyl (C=O) groups is 1. The number of terminal acetylenes is 1. The van der Waals surface area contributed by atoms with Crippen molar-refractivity contribution in [2.75, 3.05) is 32.8 Å².